The van der Waals surface area contributed by atoms with E-state index in [9.17, 15) is 4.79 Å². The minimum Gasteiger partial charge on any atom is -0.495 e. The first kappa shape index (κ1) is 16.6. The van der Waals surface area contributed by atoms with Crippen molar-refractivity contribution in [1.82, 2.24) is 5.32 Å². The van der Waals surface area contributed by atoms with E-state index in [1.807, 2.05) is 45.0 Å². The van der Waals surface area contributed by atoms with Crippen molar-refractivity contribution in [3.8, 4) is 11.8 Å². The van der Waals surface area contributed by atoms with E-state index in [-0.39, 0.29) is 17.5 Å². The molecule has 1 amide bonds. The molecule has 0 aliphatic rings. The summed E-state index contributed by atoms with van der Waals surface area (Å²) in [7, 11) is 1.57. The Labute approximate surface area is 125 Å². The first-order chi connectivity index (χ1) is 10.0. The van der Waals surface area contributed by atoms with Crippen molar-refractivity contribution in [1.29, 1.82) is 5.26 Å². The zero-order valence-corrected chi connectivity index (χ0v) is 12.9. The lowest BCUT2D eigenvalue weighted by Crippen LogP contribution is -2.33. The second kappa shape index (κ2) is 7.95. The first-order valence-corrected chi connectivity index (χ1v) is 6.84. The molecular formula is C16H21N3O2. The van der Waals surface area contributed by atoms with Crippen LogP contribution >= 0.6 is 0 Å². The summed E-state index contributed by atoms with van der Waals surface area (Å²) in [6.45, 7) is 5.82. The van der Waals surface area contributed by atoms with E-state index in [1.165, 1.54) is 6.20 Å². The summed E-state index contributed by atoms with van der Waals surface area (Å²) in [5.74, 6) is 0.266. The van der Waals surface area contributed by atoms with Gasteiger partial charge in [0.1, 0.15) is 17.4 Å². The third kappa shape index (κ3) is 4.84. The largest absolute Gasteiger partial charge is 0.495 e. The summed E-state index contributed by atoms with van der Waals surface area (Å²) in [4.78, 5) is 11.9. The molecule has 1 unspecified atom stereocenters. The molecule has 0 radical (unpaired) electrons. The van der Waals surface area contributed by atoms with Gasteiger partial charge in [-0.2, -0.15) is 5.26 Å². The highest BCUT2D eigenvalue weighted by Crippen LogP contribution is 2.25. The van der Waals surface area contributed by atoms with Crippen LogP contribution in [0.2, 0.25) is 0 Å². The van der Waals surface area contributed by atoms with Crippen molar-refractivity contribution in [3.63, 3.8) is 0 Å². The van der Waals surface area contributed by atoms with Crippen LogP contribution in [-0.4, -0.2) is 19.1 Å². The zero-order valence-electron chi connectivity index (χ0n) is 12.9. The number of amides is 1. The van der Waals surface area contributed by atoms with Crippen LogP contribution in [0.1, 0.15) is 25.8 Å². The number of carbonyl (C=O) groups excluding carboxylic acids is 1. The first-order valence-electron chi connectivity index (χ1n) is 6.84. The third-order valence-corrected chi connectivity index (χ3v) is 3.08. The van der Waals surface area contributed by atoms with Crippen LogP contribution < -0.4 is 15.4 Å². The molecule has 1 aromatic carbocycles. The van der Waals surface area contributed by atoms with E-state index >= 15 is 0 Å². The summed E-state index contributed by atoms with van der Waals surface area (Å²) in [6.07, 6.45) is 2.21. The highest BCUT2D eigenvalue weighted by atomic mass is 16.5. The van der Waals surface area contributed by atoms with Crippen molar-refractivity contribution in [2.24, 2.45) is 0 Å². The third-order valence-electron chi connectivity index (χ3n) is 3.08. The quantitative estimate of drug-likeness (QED) is 0.623. The topological polar surface area (TPSA) is 74.2 Å². The van der Waals surface area contributed by atoms with Gasteiger partial charge in [-0.15, -0.1) is 0 Å². The summed E-state index contributed by atoms with van der Waals surface area (Å²) in [5.41, 5.74) is 1.79. The lowest BCUT2D eigenvalue weighted by molar-refractivity contribution is -0.117. The highest BCUT2D eigenvalue weighted by molar-refractivity contribution is 5.97. The second-order valence-electron chi connectivity index (χ2n) is 4.80. The molecule has 0 fully saturated rings. The molecule has 5 nitrogen and oxygen atoms in total. The molecule has 0 saturated heterocycles. The van der Waals surface area contributed by atoms with Crippen molar-refractivity contribution < 1.29 is 9.53 Å². The number of carbonyl (C=O) groups is 1. The number of ether oxygens (including phenoxy) is 1. The summed E-state index contributed by atoms with van der Waals surface area (Å²) in [5, 5.41) is 14.8. The van der Waals surface area contributed by atoms with Crippen LogP contribution in [0, 0.1) is 18.3 Å². The monoisotopic (exact) mass is 287 g/mol. The van der Waals surface area contributed by atoms with E-state index in [1.54, 1.807) is 7.11 Å². The Morgan fingerprint density at radius 1 is 1.52 bits per heavy atom. The standard InChI is InChI=1S/C16H21N3O2/c1-5-12(3)19-16(20)13(9-17)10-18-14-8-11(2)6-7-15(14)21-4/h6-8,10,12,18H,5H2,1-4H3,(H,19,20)/b13-10-. The molecule has 0 aromatic heterocycles. The number of anilines is 1. The van der Waals surface area contributed by atoms with Crippen LogP contribution in [0.4, 0.5) is 5.69 Å². The van der Waals surface area contributed by atoms with Crippen LogP contribution in [0.3, 0.4) is 0 Å². The molecular weight excluding hydrogens is 266 g/mol. The van der Waals surface area contributed by atoms with Gasteiger partial charge in [0.25, 0.3) is 5.91 Å². The molecule has 1 aromatic rings. The molecule has 0 spiro atoms. The molecule has 5 heteroatoms. The van der Waals surface area contributed by atoms with Gasteiger partial charge in [0.2, 0.25) is 0 Å². The maximum absolute atomic E-state index is 11.9. The Morgan fingerprint density at radius 3 is 2.81 bits per heavy atom. The van der Waals surface area contributed by atoms with Crippen molar-refractivity contribution in [3.05, 3.63) is 35.5 Å². The van der Waals surface area contributed by atoms with Crippen molar-refractivity contribution in [2.75, 3.05) is 12.4 Å². The molecule has 2 N–H and O–H groups in total. The number of benzene rings is 1. The molecule has 0 heterocycles. The Bertz CT molecular complexity index is 573. The summed E-state index contributed by atoms with van der Waals surface area (Å²) >= 11 is 0. The maximum Gasteiger partial charge on any atom is 0.263 e. The fraction of sp³-hybridized carbons (Fsp3) is 0.375. The number of methoxy groups -OCH3 is 1. The average molecular weight is 287 g/mol. The molecule has 0 saturated carbocycles. The minimum atomic E-state index is -0.383. The molecule has 0 bridgehead atoms. The fourth-order valence-corrected chi connectivity index (χ4v) is 1.64. The number of nitrogens with one attached hydrogen (secondary N) is 2. The van der Waals surface area contributed by atoms with Crippen molar-refractivity contribution >= 4 is 11.6 Å². The molecule has 112 valence electrons. The van der Waals surface area contributed by atoms with E-state index in [0.29, 0.717) is 11.4 Å². The van der Waals surface area contributed by atoms with Gasteiger partial charge < -0.3 is 15.4 Å². The number of nitriles is 1. The van der Waals surface area contributed by atoms with Gasteiger partial charge in [0.05, 0.1) is 12.8 Å². The maximum atomic E-state index is 11.9. The van der Waals surface area contributed by atoms with Crippen LogP contribution in [0.5, 0.6) is 5.75 Å². The van der Waals surface area contributed by atoms with Crippen LogP contribution in [0.25, 0.3) is 0 Å². The van der Waals surface area contributed by atoms with E-state index < -0.39 is 0 Å². The molecule has 1 atom stereocenters. The van der Waals surface area contributed by atoms with Gasteiger partial charge in [-0.25, -0.2) is 0 Å². The SMILES string of the molecule is CCC(C)NC(=O)/C(C#N)=C\Nc1cc(C)ccc1OC. The molecule has 0 aliphatic carbocycles. The lowest BCUT2D eigenvalue weighted by atomic mass is 10.2. The predicted octanol–water partition coefficient (Wildman–Crippen LogP) is 2.74. The number of aryl methyl sites for hydroxylation is 1. The average Bonchev–Trinajstić information content (AvgIpc) is 2.47. The normalized spacial score (nSPS) is 12.2. The summed E-state index contributed by atoms with van der Waals surface area (Å²) in [6, 6.07) is 7.57. The van der Waals surface area contributed by atoms with Gasteiger partial charge in [-0.05, 0) is 38.0 Å². The minimum absolute atomic E-state index is 0.0267. The van der Waals surface area contributed by atoms with E-state index in [0.717, 1.165) is 12.0 Å². The number of rotatable bonds is 6. The predicted molar refractivity (Wildman–Crippen MR) is 82.9 cm³/mol. The molecule has 21 heavy (non-hydrogen) atoms. The number of hydrogen-bond donors (Lipinski definition) is 2. The fourth-order valence-electron chi connectivity index (χ4n) is 1.64. The van der Waals surface area contributed by atoms with E-state index in [4.69, 9.17) is 10.00 Å². The van der Waals surface area contributed by atoms with Gasteiger partial charge in [-0.1, -0.05) is 13.0 Å². The highest BCUT2D eigenvalue weighted by Gasteiger charge is 2.11. The van der Waals surface area contributed by atoms with Crippen LogP contribution in [-0.2, 0) is 4.79 Å². The van der Waals surface area contributed by atoms with Gasteiger partial charge in [0.15, 0.2) is 0 Å². The van der Waals surface area contributed by atoms with Crippen LogP contribution in [0.15, 0.2) is 30.0 Å². The van der Waals surface area contributed by atoms with E-state index in [2.05, 4.69) is 10.6 Å². The van der Waals surface area contributed by atoms with Gasteiger partial charge in [-0.3, -0.25) is 4.79 Å². The van der Waals surface area contributed by atoms with Crippen molar-refractivity contribution in [2.45, 2.75) is 33.2 Å². The Balaban J connectivity index is 2.89. The van der Waals surface area contributed by atoms with Gasteiger partial charge in [0, 0.05) is 12.2 Å². The number of hydrogen-bond acceptors (Lipinski definition) is 4. The Hall–Kier alpha value is -2.48. The molecule has 1 rings (SSSR count). The second-order valence-corrected chi connectivity index (χ2v) is 4.80. The lowest BCUT2D eigenvalue weighted by Gasteiger charge is -2.12. The molecule has 0 aliphatic heterocycles. The Kier molecular flexibility index (Phi) is 6.28. The smallest absolute Gasteiger partial charge is 0.263 e. The zero-order chi connectivity index (χ0) is 15.8. The van der Waals surface area contributed by atoms with Gasteiger partial charge >= 0.3 is 0 Å². The Morgan fingerprint density at radius 2 is 2.24 bits per heavy atom. The number of nitrogens with zero attached hydrogens (tertiary/aromatic N) is 1. The summed E-state index contributed by atoms with van der Waals surface area (Å²) < 4.78 is 5.23.